The first-order chi connectivity index (χ1) is 10.8. The number of aromatic nitrogens is 3. The molecular formula is C15H12ClN5O. The summed E-state index contributed by atoms with van der Waals surface area (Å²) in [6.07, 6.45) is 3.33. The van der Waals surface area contributed by atoms with Crippen molar-refractivity contribution in [2.75, 3.05) is 5.88 Å². The number of hydrogen-bond donors (Lipinski definition) is 1. The molecule has 0 aliphatic carbocycles. The average molecular weight is 314 g/mol. The fourth-order valence-electron chi connectivity index (χ4n) is 1.88. The molecule has 6 nitrogen and oxygen atoms in total. The Bertz CT molecular complexity index is 800. The van der Waals surface area contributed by atoms with Gasteiger partial charge in [0, 0.05) is 18.0 Å². The maximum atomic E-state index is 5.72. The zero-order chi connectivity index (χ0) is 15.4. The van der Waals surface area contributed by atoms with E-state index in [1.807, 2.05) is 24.3 Å². The molecule has 0 saturated carbocycles. The van der Waals surface area contributed by atoms with E-state index >= 15 is 0 Å². The van der Waals surface area contributed by atoms with Crippen molar-refractivity contribution in [3.8, 4) is 22.9 Å². The van der Waals surface area contributed by atoms with E-state index in [1.165, 1.54) is 0 Å². The number of benzene rings is 1. The van der Waals surface area contributed by atoms with Crippen LogP contribution in [-0.2, 0) is 0 Å². The summed E-state index contributed by atoms with van der Waals surface area (Å²) in [5, 5.41) is 8.13. The van der Waals surface area contributed by atoms with Gasteiger partial charge in [-0.15, -0.1) is 21.8 Å². The standard InChI is InChI=1S/C15H12ClN5O/c16-9-13(17)19-12-4-2-1-3-11(12)15-21-20-14(22-15)10-5-7-18-8-6-10/h1-8H,9H2,(H2,17,19). The van der Waals surface area contributed by atoms with Gasteiger partial charge in [-0.2, -0.15) is 0 Å². The molecule has 0 unspecified atom stereocenters. The van der Waals surface area contributed by atoms with Crippen molar-refractivity contribution in [1.29, 1.82) is 0 Å². The van der Waals surface area contributed by atoms with E-state index in [2.05, 4.69) is 20.2 Å². The van der Waals surface area contributed by atoms with E-state index in [9.17, 15) is 0 Å². The second kappa shape index (κ2) is 6.36. The summed E-state index contributed by atoms with van der Waals surface area (Å²) in [4.78, 5) is 8.22. The maximum absolute atomic E-state index is 5.72. The molecule has 0 atom stereocenters. The summed E-state index contributed by atoms with van der Waals surface area (Å²) in [5.74, 6) is 1.26. The van der Waals surface area contributed by atoms with Crippen LogP contribution in [-0.4, -0.2) is 26.9 Å². The Morgan fingerprint density at radius 2 is 1.82 bits per heavy atom. The molecule has 110 valence electrons. The number of amidine groups is 1. The fraction of sp³-hybridized carbons (Fsp3) is 0.0667. The minimum atomic E-state index is 0.153. The molecule has 0 aliphatic heterocycles. The van der Waals surface area contributed by atoms with Crippen LogP contribution in [0, 0.1) is 0 Å². The first kappa shape index (κ1) is 14.2. The third kappa shape index (κ3) is 2.96. The van der Waals surface area contributed by atoms with Crippen molar-refractivity contribution in [3.63, 3.8) is 0 Å². The Balaban J connectivity index is 2.01. The van der Waals surface area contributed by atoms with E-state index in [4.69, 9.17) is 21.8 Å². The smallest absolute Gasteiger partial charge is 0.250 e. The topological polar surface area (TPSA) is 90.2 Å². The quantitative estimate of drug-likeness (QED) is 0.454. The highest BCUT2D eigenvalue weighted by Gasteiger charge is 2.13. The van der Waals surface area contributed by atoms with Crippen molar-refractivity contribution >= 4 is 23.1 Å². The van der Waals surface area contributed by atoms with Gasteiger partial charge in [0.05, 0.1) is 17.1 Å². The van der Waals surface area contributed by atoms with Gasteiger partial charge in [0.25, 0.3) is 0 Å². The van der Waals surface area contributed by atoms with Gasteiger partial charge < -0.3 is 10.2 Å². The summed E-state index contributed by atoms with van der Waals surface area (Å²) >= 11 is 5.67. The van der Waals surface area contributed by atoms with Crippen molar-refractivity contribution < 1.29 is 4.42 Å². The zero-order valence-corrected chi connectivity index (χ0v) is 12.2. The average Bonchev–Trinajstić information content (AvgIpc) is 3.06. The number of aliphatic imine (C=N–C) groups is 1. The molecule has 0 aliphatic rings. The van der Waals surface area contributed by atoms with Gasteiger partial charge in [0.15, 0.2) is 0 Å². The molecule has 7 heteroatoms. The Morgan fingerprint density at radius 1 is 1.09 bits per heavy atom. The summed E-state index contributed by atoms with van der Waals surface area (Å²) in [5.41, 5.74) is 7.82. The number of halogens is 1. The van der Waals surface area contributed by atoms with Crippen LogP contribution in [0.25, 0.3) is 22.9 Å². The van der Waals surface area contributed by atoms with Crippen LogP contribution in [0.2, 0.25) is 0 Å². The molecule has 2 aromatic heterocycles. The second-order valence-corrected chi connectivity index (χ2v) is 4.67. The van der Waals surface area contributed by atoms with Crippen LogP contribution in [0.1, 0.15) is 0 Å². The molecule has 2 heterocycles. The van der Waals surface area contributed by atoms with Crippen LogP contribution < -0.4 is 5.73 Å². The first-order valence-corrected chi connectivity index (χ1v) is 7.03. The molecule has 0 saturated heterocycles. The van der Waals surface area contributed by atoms with Crippen molar-refractivity contribution in [2.24, 2.45) is 10.7 Å². The highest BCUT2D eigenvalue weighted by Crippen LogP contribution is 2.30. The van der Waals surface area contributed by atoms with Gasteiger partial charge in [-0.3, -0.25) is 4.98 Å². The van der Waals surface area contributed by atoms with Crippen LogP contribution >= 0.6 is 11.6 Å². The first-order valence-electron chi connectivity index (χ1n) is 6.50. The zero-order valence-electron chi connectivity index (χ0n) is 11.5. The molecule has 0 radical (unpaired) electrons. The molecule has 0 spiro atoms. The second-order valence-electron chi connectivity index (χ2n) is 4.40. The number of nitrogens with two attached hydrogens (primary N) is 1. The molecule has 3 rings (SSSR count). The Kier molecular flexibility index (Phi) is 4.11. The van der Waals surface area contributed by atoms with Crippen LogP contribution in [0.3, 0.4) is 0 Å². The Labute approximate surface area is 131 Å². The van der Waals surface area contributed by atoms with E-state index in [-0.39, 0.29) is 5.88 Å². The van der Waals surface area contributed by atoms with Crippen molar-refractivity contribution in [2.45, 2.75) is 0 Å². The number of para-hydroxylation sites is 1. The van der Waals surface area contributed by atoms with Gasteiger partial charge in [0.1, 0.15) is 5.84 Å². The van der Waals surface area contributed by atoms with Gasteiger partial charge in [-0.1, -0.05) is 12.1 Å². The van der Waals surface area contributed by atoms with Crippen molar-refractivity contribution in [3.05, 3.63) is 48.8 Å². The van der Waals surface area contributed by atoms with Gasteiger partial charge in [-0.05, 0) is 24.3 Å². The minimum Gasteiger partial charge on any atom is -0.416 e. The minimum absolute atomic E-state index is 0.153. The molecular weight excluding hydrogens is 302 g/mol. The van der Waals surface area contributed by atoms with E-state index in [1.54, 1.807) is 24.5 Å². The third-order valence-corrected chi connectivity index (χ3v) is 3.16. The number of pyridine rings is 1. The van der Waals surface area contributed by atoms with Gasteiger partial charge >= 0.3 is 0 Å². The summed E-state index contributed by atoms with van der Waals surface area (Å²) in [6, 6.07) is 11.0. The number of rotatable bonds is 4. The highest BCUT2D eigenvalue weighted by molar-refractivity contribution is 6.28. The molecule has 3 aromatic rings. The lowest BCUT2D eigenvalue weighted by Gasteiger charge is -2.01. The van der Waals surface area contributed by atoms with Crippen LogP contribution in [0.4, 0.5) is 5.69 Å². The number of alkyl halides is 1. The van der Waals surface area contributed by atoms with E-state index in [0.29, 0.717) is 28.9 Å². The SMILES string of the molecule is NC(CCl)=Nc1ccccc1-c1nnc(-c2ccncc2)o1. The normalized spacial score (nSPS) is 11.6. The molecule has 22 heavy (non-hydrogen) atoms. The molecule has 0 amide bonds. The molecule has 1 aromatic carbocycles. The maximum Gasteiger partial charge on any atom is 0.250 e. The monoisotopic (exact) mass is 313 g/mol. The molecule has 2 N–H and O–H groups in total. The summed E-state index contributed by atoms with van der Waals surface area (Å²) in [7, 11) is 0. The van der Waals surface area contributed by atoms with Gasteiger partial charge in [0.2, 0.25) is 11.8 Å². The number of nitrogens with zero attached hydrogens (tertiary/aromatic N) is 4. The van der Waals surface area contributed by atoms with E-state index in [0.717, 1.165) is 5.56 Å². The van der Waals surface area contributed by atoms with E-state index < -0.39 is 0 Å². The fourth-order valence-corrected chi connectivity index (χ4v) is 1.94. The predicted octanol–water partition coefficient (Wildman–Crippen LogP) is 3.03. The Morgan fingerprint density at radius 3 is 2.59 bits per heavy atom. The third-order valence-electron chi connectivity index (χ3n) is 2.89. The van der Waals surface area contributed by atoms with Crippen molar-refractivity contribution in [1.82, 2.24) is 15.2 Å². The molecule has 0 bridgehead atoms. The van der Waals surface area contributed by atoms with Crippen LogP contribution in [0.5, 0.6) is 0 Å². The lowest BCUT2D eigenvalue weighted by atomic mass is 10.2. The lowest BCUT2D eigenvalue weighted by Crippen LogP contribution is -2.12. The predicted molar refractivity (Wildman–Crippen MR) is 85.0 cm³/mol. The van der Waals surface area contributed by atoms with Gasteiger partial charge in [-0.25, -0.2) is 4.99 Å². The summed E-state index contributed by atoms with van der Waals surface area (Å²) in [6.45, 7) is 0. The largest absolute Gasteiger partial charge is 0.416 e. The number of hydrogen-bond acceptors (Lipinski definition) is 5. The highest BCUT2D eigenvalue weighted by atomic mass is 35.5. The van der Waals surface area contributed by atoms with Crippen LogP contribution in [0.15, 0.2) is 58.2 Å². The molecule has 0 fully saturated rings. The Hall–Kier alpha value is -2.73. The lowest BCUT2D eigenvalue weighted by molar-refractivity contribution is 0.584. The summed E-state index contributed by atoms with van der Waals surface area (Å²) < 4.78 is 5.72.